The minimum atomic E-state index is -0.923. The molecule has 24 heavy (non-hydrogen) atoms. The van der Waals surface area contributed by atoms with E-state index in [0.717, 1.165) is 24.8 Å². The summed E-state index contributed by atoms with van der Waals surface area (Å²) in [6.45, 7) is 1.88. The summed E-state index contributed by atoms with van der Waals surface area (Å²) in [5.41, 5.74) is 0.719. The fourth-order valence-electron chi connectivity index (χ4n) is 3.21. The summed E-state index contributed by atoms with van der Waals surface area (Å²) in [7, 11) is 0. The molecule has 1 aromatic heterocycles. The van der Waals surface area contributed by atoms with Gasteiger partial charge in [-0.25, -0.2) is 9.07 Å². The molecular formula is C18H22FN3O2. The van der Waals surface area contributed by atoms with Crippen molar-refractivity contribution >= 4 is 11.6 Å². The van der Waals surface area contributed by atoms with E-state index >= 15 is 0 Å². The molecule has 0 aliphatic heterocycles. The van der Waals surface area contributed by atoms with Gasteiger partial charge in [-0.3, -0.25) is 4.79 Å². The van der Waals surface area contributed by atoms with E-state index in [0.29, 0.717) is 24.2 Å². The Hall–Kier alpha value is -2.21. The zero-order valence-electron chi connectivity index (χ0n) is 13.8. The number of hydrogen-bond donors (Lipinski definition) is 2. The molecule has 1 aliphatic carbocycles. The van der Waals surface area contributed by atoms with Crippen molar-refractivity contribution in [3.05, 3.63) is 42.0 Å². The van der Waals surface area contributed by atoms with Gasteiger partial charge in [-0.1, -0.05) is 19.3 Å². The van der Waals surface area contributed by atoms with Crippen LogP contribution in [0, 0.1) is 12.7 Å². The average molecular weight is 331 g/mol. The third-order valence-corrected chi connectivity index (χ3v) is 4.46. The maximum Gasteiger partial charge on any atom is 0.227 e. The SMILES string of the molecule is Cc1cnn(-c2ccc(NC(=O)CC3(O)CCCCC3)cc2F)c1. The molecule has 2 aromatic rings. The van der Waals surface area contributed by atoms with E-state index in [1.165, 1.54) is 10.7 Å². The molecule has 0 radical (unpaired) electrons. The number of rotatable bonds is 4. The standard InChI is InChI=1S/C18H22FN3O2/c1-13-11-20-22(12-13)16-6-5-14(9-15(16)19)21-17(23)10-18(24)7-3-2-4-8-18/h5-6,9,11-12,24H,2-4,7-8,10H2,1H3,(H,21,23). The van der Waals surface area contributed by atoms with Gasteiger partial charge in [-0.2, -0.15) is 5.10 Å². The van der Waals surface area contributed by atoms with Gasteiger partial charge in [0.1, 0.15) is 5.69 Å². The molecule has 0 atom stereocenters. The smallest absolute Gasteiger partial charge is 0.227 e. The van der Waals surface area contributed by atoms with Gasteiger partial charge in [-0.15, -0.1) is 0 Å². The Morgan fingerprint density at radius 3 is 2.75 bits per heavy atom. The largest absolute Gasteiger partial charge is 0.389 e. The quantitative estimate of drug-likeness (QED) is 0.903. The van der Waals surface area contributed by atoms with Crippen molar-refractivity contribution in [1.82, 2.24) is 9.78 Å². The van der Waals surface area contributed by atoms with E-state index in [9.17, 15) is 14.3 Å². The zero-order valence-corrected chi connectivity index (χ0v) is 13.8. The van der Waals surface area contributed by atoms with Crippen LogP contribution in [0.25, 0.3) is 5.69 Å². The highest BCUT2D eigenvalue weighted by Gasteiger charge is 2.31. The Morgan fingerprint density at radius 1 is 1.38 bits per heavy atom. The summed E-state index contributed by atoms with van der Waals surface area (Å²) in [6, 6.07) is 4.49. The summed E-state index contributed by atoms with van der Waals surface area (Å²) < 4.78 is 15.7. The third kappa shape index (κ3) is 3.82. The molecule has 1 fully saturated rings. The summed E-state index contributed by atoms with van der Waals surface area (Å²) in [5.74, 6) is -0.756. The van der Waals surface area contributed by atoms with Gasteiger partial charge in [0.05, 0.1) is 18.2 Å². The maximum absolute atomic E-state index is 14.3. The number of benzene rings is 1. The van der Waals surface area contributed by atoms with Gasteiger partial charge in [-0.05, 0) is 43.5 Å². The van der Waals surface area contributed by atoms with Crippen molar-refractivity contribution in [3.63, 3.8) is 0 Å². The first-order valence-electron chi connectivity index (χ1n) is 8.29. The summed E-state index contributed by atoms with van der Waals surface area (Å²) >= 11 is 0. The molecule has 2 N–H and O–H groups in total. The Kier molecular flexibility index (Phi) is 4.66. The van der Waals surface area contributed by atoms with Crippen LogP contribution in [0.3, 0.4) is 0 Å². The lowest BCUT2D eigenvalue weighted by Gasteiger charge is -2.31. The molecule has 128 valence electrons. The molecule has 1 aromatic carbocycles. The van der Waals surface area contributed by atoms with E-state index in [1.807, 2.05) is 6.92 Å². The molecule has 1 amide bonds. The molecule has 3 rings (SSSR count). The summed E-state index contributed by atoms with van der Waals surface area (Å²) in [6.07, 6.45) is 7.71. The molecule has 0 unspecified atom stereocenters. The number of aliphatic hydroxyl groups is 1. The molecule has 0 saturated heterocycles. The number of halogens is 1. The van der Waals surface area contributed by atoms with Crippen LogP contribution in [-0.4, -0.2) is 26.4 Å². The van der Waals surface area contributed by atoms with Crippen LogP contribution in [0.5, 0.6) is 0 Å². The van der Waals surface area contributed by atoms with E-state index in [2.05, 4.69) is 10.4 Å². The Balaban J connectivity index is 1.67. The number of nitrogens with one attached hydrogen (secondary N) is 1. The number of amides is 1. The lowest BCUT2D eigenvalue weighted by Crippen LogP contribution is -2.35. The van der Waals surface area contributed by atoms with Crippen molar-refractivity contribution in [3.8, 4) is 5.69 Å². The van der Waals surface area contributed by atoms with Gasteiger partial charge in [0.2, 0.25) is 5.91 Å². The van der Waals surface area contributed by atoms with Crippen LogP contribution in [0.15, 0.2) is 30.6 Å². The fourth-order valence-corrected chi connectivity index (χ4v) is 3.21. The minimum Gasteiger partial charge on any atom is -0.389 e. The number of hydrogen-bond acceptors (Lipinski definition) is 3. The monoisotopic (exact) mass is 331 g/mol. The van der Waals surface area contributed by atoms with Crippen LogP contribution in [0.2, 0.25) is 0 Å². The molecule has 5 nitrogen and oxygen atoms in total. The summed E-state index contributed by atoms with van der Waals surface area (Å²) in [4.78, 5) is 12.1. The summed E-state index contributed by atoms with van der Waals surface area (Å²) in [5, 5.41) is 17.2. The highest BCUT2D eigenvalue weighted by atomic mass is 19.1. The van der Waals surface area contributed by atoms with E-state index in [-0.39, 0.29) is 12.3 Å². The molecule has 6 heteroatoms. The molecule has 0 spiro atoms. The lowest BCUT2D eigenvalue weighted by atomic mass is 9.82. The molecular weight excluding hydrogens is 309 g/mol. The second kappa shape index (κ2) is 6.73. The highest BCUT2D eigenvalue weighted by molar-refractivity contribution is 5.91. The second-order valence-electron chi connectivity index (χ2n) is 6.64. The Labute approximate surface area is 140 Å². The van der Waals surface area contributed by atoms with E-state index in [4.69, 9.17) is 0 Å². The first-order chi connectivity index (χ1) is 11.5. The normalized spacial score (nSPS) is 16.8. The Morgan fingerprint density at radius 2 is 2.12 bits per heavy atom. The predicted molar refractivity (Wildman–Crippen MR) is 89.5 cm³/mol. The topological polar surface area (TPSA) is 67.2 Å². The lowest BCUT2D eigenvalue weighted by molar-refractivity contribution is -0.122. The molecule has 1 saturated carbocycles. The van der Waals surface area contributed by atoms with Gasteiger partial charge in [0.15, 0.2) is 5.82 Å². The predicted octanol–water partition coefficient (Wildman–Crippen LogP) is 3.34. The number of aryl methyl sites for hydroxylation is 1. The Bertz CT molecular complexity index is 736. The van der Waals surface area contributed by atoms with E-state index in [1.54, 1.807) is 24.5 Å². The molecule has 0 bridgehead atoms. The fraction of sp³-hybridized carbons (Fsp3) is 0.444. The van der Waals surface area contributed by atoms with Crippen LogP contribution in [-0.2, 0) is 4.79 Å². The first kappa shape index (κ1) is 16.6. The van der Waals surface area contributed by atoms with Gasteiger partial charge in [0, 0.05) is 11.9 Å². The van der Waals surface area contributed by atoms with Crippen LogP contribution < -0.4 is 5.32 Å². The van der Waals surface area contributed by atoms with Gasteiger partial charge >= 0.3 is 0 Å². The zero-order chi connectivity index (χ0) is 17.2. The van der Waals surface area contributed by atoms with E-state index < -0.39 is 11.4 Å². The number of anilines is 1. The first-order valence-corrected chi connectivity index (χ1v) is 8.29. The van der Waals surface area contributed by atoms with Crippen molar-refractivity contribution in [1.29, 1.82) is 0 Å². The van der Waals surface area contributed by atoms with Crippen molar-refractivity contribution in [2.75, 3.05) is 5.32 Å². The van der Waals surface area contributed by atoms with Crippen LogP contribution in [0.1, 0.15) is 44.1 Å². The van der Waals surface area contributed by atoms with Crippen LogP contribution >= 0.6 is 0 Å². The number of carbonyl (C=O) groups is 1. The van der Waals surface area contributed by atoms with Gasteiger partial charge in [0.25, 0.3) is 0 Å². The molecule has 1 heterocycles. The third-order valence-electron chi connectivity index (χ3n) is 4.46. The second-order valence-corrected chi connectivity index (χ2v) is 6.64. The number of nitrogens with zero attached hydrogens (tertiary/aromatic N) is 2. The maximum atomic E-state index is 14.3. The number of aromatic nitrogens is 2. The average Bonchev–Trinajstić information content (AvgIpc) is 2.93. The van der Waals surface area contributed by atoms with Crippen molar-refractivity contribution in [2.24, 2.45) is 0 Å². The highest BCUT2D eigenvalue weighted by Crippen LogP contribution is 2.31. The van der Waals surface area contributed by atoms with Crippen molar-refractivity contribution in [2.45, 2.75) is 51.0 Å². The van der Waals surface area contributed by atoms with Crippen LogP contribution in [0.4, 0.5) is 10.1 Å². The van der Waals surface area contributed by atoms with Crippen molar-refractivity contribution < 1.29 is 14.3 Å². The molecule has 1 aliphatic rings. The number of carbonyl (C=O) groups excluding carboxylic acids is 1. The van der Waals surface area contributed by atoms with Gasteiger partial charge < -0.3 is 10.4 Å². The minimum absolute atomic E-state index is 0.0503.